The van der Waals surface area contributed by atoms with Crippen molar-refractivity contribution in [1.82, 2.24) is 20.4 Å². The number of carbonyl (C=O) groups excluding carboxylic acids is 3. The zero-order valence-corrected chi connectivity index (χ0v) is 20.1. The summed E-state index contributed by atoms with van der Waals surface area (Å²) in [5.74, 6) is -0.466. The molecule has 3 amide bonds. The number of nitrogens with zero attached hydrogens (tertiary/aromatic N) is 2. The first kappa shape index (κ1) is 23.8. The Bertz CT molecular complexity index is 1450. The molecule has 0 aliphatic carbocycles. The van der Waals surface area contributed by atoms with Crippen LogP contribution in [0.2, 0.25) is 0 Å². The Morgan fingerprint density at radius 2 is 1.76 bits per heavy atom. The molecule has 9 nitrogen and oxygen atoms in total. The lowest BCUT2D eigenvalue weighted by molar-refractivity contribution is -0.128. The molecule has 1 aromatic heterocycles. The summed E-state index contributed by atoms with van der Waals surface area (Å²) in [5.41, 5.74) is 9.75. The predicted octanol–water partition coefficient (Wildman–Crippen LogP) is 2.83. The molecule has 1 aliphatic heterocycles. The van der Waals surface area contributed by atoms with Crippen molar-refractivity contribution in [1.29, 1.82) is 0 Å². The van der Waals surface area contributed by atoms with E-state index in [2.05, 4.69) is 15.5 Å². The average molecular weight is 496 g/mol. The summed E-state index contributed by atoms with van der Waals surface area (Å²) in [7, 11) is 1.53. The van der Waals surface area contributed by atoms with Gasteiger partial charge in [0, 0.05) is 23.9 Å². The van der Waals surface area contributed by atoms with Crippen molar-refractivity contribution in [3.63, 3.8) is 0 Å². The minimum Gasteiger partial charge on any atom is -0.497 e. The van der Waals surface area contributed by atoms with Gasteiger partial charge in [-0.1, -0.05) is 54.6 Å². The van der Waals surface area contributed by atoms with Gasteiger partial charge in [0.15, 0.2) is 5.54 Å². The molecule has 1 atom stereocenters. The van der Waals surface area contributed by atoms with Crippen LogP contribution in [-0.2, 0) is 21.7 Å². The van der Waals surface area contributed by atoms with Crippen molar-refractivity contribution in [3.8, 4) is 28.1 Å². The Hall–Kier alpha value is -4.92. The number of primary amides is 1. The molecule has 0 saturated heterocycles. The van der Waals surface area contributed by atoms with Gasteiger partial charge >= 0.3 is 0 Å². The third-order valence-corrected chi connectivity index (χ3v) is 6.74. The van der Waals surface area contributed by atoms with Crippen LogP contribution in [0.25, 0.3) is 22.4 Å². The summed E-state index contributed by atoms with van der Waals surface area (Å²) < 4.78 is 5.23. The van der Waals surface area contributed by atoms with Gasteiger partial charge in [0.05, 0.1) is 19.3 Å². The summed E-state index contributed by atoms with van der Waals surface area (Å²) in [6, 6.07) is 22.3. The lowest BCUT2D eigenvalue weighted by Crippen LogP contribution is -2.58. The quantitative estimate of drug-likeness (QED) is 0.308. The topological polar surface area (TPSA) is 130 Å². The van der Waals surface area contributed by atoms with Crippen LogP contribution >= 0.6 is 0 Å². The molecule has 0 radical (unpaired) electrons. The lowest BCUT2D eigenvalue weighted by atomic mass is 9.87. The molecule has 4 aromatic rings. The van der Waals surface area contributed by atoms with E-state index in [1.807, 2.05) is 48.5 Å². The zero-order valence-electron chi connectivity index (χ0n) is 20.1. The number of aromatic nitrogens is 2. The Morgan fingerprint density at radius 1 is 1.08 bits per heavy atom. The number of nitrogens with two attached hydrogens (primary N) is 1. The van der Waals surface area contributed by atoms with Crippen molar-refractivity contribution in [2.24, 2.45) is 5.73 Å². The third kappa shape index (κ3) is 4.31. The van der Waals surface area contributed by atoms with Crippen LogP contribution in [0.5, 0.6) is 5.75 Å². The van der Waals surface area contributed by atoms with Gasteiger partial charge < -0.3 is 20.7 Å². The van der Waals surface area contributed by atoms with Crippen LogP contribution in [0.1, 0.15) is 21.5 Å². The van der Waals surface area contributed by atoms with E-state index in [4.69, 9.17) is 10.5 Å². The molecule has 0 bridgehead atoms. The lowest BCUT2D eigenvalue weighted by Gasteiger charge is -2.34. The second kappa shape index (κ2) is 9.62. The molecule has 186 valence electrons. The number of methoxy groups -OCH3 is 1. The average Bonchev–Trinajstić information content (AvgIpc) is 3.57. The van der Waals surface area contributed by atoms with E-state index < -0.39 is 11.4 Å². The highest BCUT2D eigenvalue weighted by Crippen LogP contribution is 2.32. The maximum absolute atomic E-state index is 13.1. The van der Waals surface area contributed by atoms with Crippen molar-refractivity contribution in [2.75, 3.05) is 13.7 Å². The van der Waals surface area contributed by atoms with Gasteiger partial charge in [-0.15, -0.1) is 0 Å². The number of benzene rings is 3. The molecule has 3 aromatic carbocycles. The molecule has 0 fully saturated rings. The van der Waals surface area contributed by atoms with E-state index in [0.29, 0.717) is 23.3 Å². The van der Waals surface area contributed by atoms with E-state index in [1.54, 1.807) is 30.5 Å². The predicted molar refractivity (Wildman–Crippen MR) is 137 cm³/mol. The monoisotopic (exact) mass is 495 g/mol. The zero-order chi connectivity index (χ0) is 26.0. The van der Waals surface area contributed by atoms with Gasteiger partial charge in [0.2, 0.25) is 12.3 Å². The van der Waals surface area contributed by atoms with E-state index in [0.717, 1.165) is 27.9 Å². The fourth-order valence-electron chi connectivity index (χ4n) is 4.70. The highest BCUT2D eigenvalue weighted by atomic mass is 16.5. The maximum atomic E-state index is 13.1. The summed E-state index contributed by atoms with van der Waals surface area (Å²) in [6.45, 7) is 0.169. The number of rotatable bonds is 9. The number of H-pyrrole nitrogens is 1. The molecule has 37 heavy (non-hydrogen) atoms. The minimum atomic E-state index is -1.61. The summed E-state index contributed by atoms with van der Waals surface area (Å²) in [4.78, 5) is 39.1. The number of carbonyl (C=O) groups is 3. The Morgan fingerprint density at radius 3 is 2.35 bits per heavy atom. The van der Waals surface area contributed by atoms with Crippen molar-refractivity contribution >= 4 is 18.2 Å². The van der Waals surface area contributed by atoms with Crippen LogP contribution in [0.15, 0.2) is 79.0 Å². The highest BCUT2D eigenvalue weighted by molar-refractivity contribution is 5.99. The van der Waals surface area contributed by atoms with Crippen LogP contribution < -0.4 is 15.8 Å². The fraction of sp³-hybridized carbons (Fsp3) is 0.143. The highest BCUT2D eigenvalue weighted by Gasteiger charge is 2.43. The van der Waals surface area contributed by atoms with E-state index in [9.17, 15) is 14.4 Å². The molecule has 0 unspecified atom stereocenters. The SMILES string of the molecule is COc1ccc2c(c1)C(=O)N(C[C@@](NC=O)(C(N)=O)c1ccc(-c3ccc(-c4cc[nH]n4)cc3)cc1)C2. The number of fused-ring (bicyclic) bond motifs is 1. The smallest absolute Gasteiger partial charge is 0.254 e. The number of aromatic amines is 1. The molecule has 4 N–H and O–H groups in total. The molecule has 2 heterocycles. The second-order valence-corrected chi connectivity index (χ2v) is 8.83. The third-order valence-electron chi connectivity index (χ3n) is 6.74. The summed E-state index contributed by atoms with van der Waals surface area (Å²) in [6.07, 6.45) is 2.20. The summed E-state index contributed by atoms with van der Waals surface area (Å²) in [5, 5.41) is 9.60. The number of hydrogen-bond donors (Lipinski definition) is 3. The molecular weight excluding hydrogens is 470 g/mol. The van der Waals surface area contributed by atoms with E-state index in [-0.39, 0.29) is 19.0 Å². The molecule has 5 rings (SSSR count). The van der Waals surface area contributed by atoms with Gasteiger partial charge in [-0.3, -0.25) is 19.5 Å². The Kier molecular flexibility index (Phi) is 6.19. The van der Waals surface area contributed by atoms with E-state index in [1.165, 1.54) is 12.0 Å². The Labute approximate surface area is 213 Å². The number of amides is 3. The first-order valence-corrected chi connectivity index (χ1v) is 11.6. The molecular formula is C28H25N5O4. The molecule has 1 aliphatic rings. The second-order valence-electron chi connectivity index (χ2n) is 8.83. The van der Waals surface area contributed by atoms with Crippen LogP contribution in [0, 0.1) is 0 Å². The molecule has 9 heteroatoms. The van der Waals surface area contributed by atoms with Crippen LogP contribution in [0.4, 0.5) is 0 Å². The van der Waals surface area contributed by atoms with E-state index >= 15 is 0 Å². The maximum Gasteiger partial charge on any atom is 0.254 e. The van der Waals surface area contributed by atoms with Gasteiger partial charge in [-0.25, -0.2) is 0 Å². The van der Waals surface area contributed by atoms with Gasteiger partial charge in [0.25, 0.3) is 5.91 Å². The van der Waals surface area contributed by atoms with Crippen molar-refractivity contribution < 1.29 is 19.1 Å². The first-order chi connectivity index (χ1) is 17.9. The number of nitrogens with one attached hydrogen (secondary N) is 2. The van der Waals surface area contributed by atoms with Gasteiger partial charge in [-0.05, 0) is 40.5 Å². The number of hydrogen-bond acceptors (Lipinski definition) is 5. The summed E-state index contributed by atoms with van der Waals surface area (Å²) >= 11 is 0. The van der Waals surface area contributed by atoms with Crippen molar-refractivity contribution in [3.05, 3.63) is 95.7 Å². The van der Waals surface area contributed by atoms with Crippen LogP contribution in [0.3, 0.4) is 0 Å². The molecule has 0 spiro atoms. The fourth-order valence-corrected chi connectivity index (χ4v) is 4.70. The van der Waals surface area contributed by atoms with Gasteiger partial charge in [-0.2, -0.15) is 5.10 Å². The largest absolute Gasteiger partial charge is 0.497 e. The van der Waals surface area contributed by atoms with Gasteiger partial charge in [0.1, 0.15) is 5.75 Å². The van der Waals surface area contributed by atoms with Crippen LogP contribution in [-0.4, -0.2) is 47.0 Å². The van der Waals surface area contributed by atoms with Crippen molar-refractivity contribution in [2.45, 2.75) is 12.1 Å². The number of ether oxygens (including phenoxy) is 1. The first-order valence-electron chi connectivity index (χ1n) is 11.6. The Balaban J connectivity index is 1.43. The normalized spacial score (nSPS) is 14.1. The standard InChI is InChI=1S/C28H25N5O4/c1-37-23-11-8-21-15-33(26(35)24(21)14-23)16-28(27(29)36,30-17-34)22-9-6-19(7-10-22)18-2-4-20(5-3-18)25-12-13-31-32-25/h2-14,17H,15-16H2,1H3,(H2,29,36)(H,30,34)(H,31,32)/t28-/m0/s1. The molecule has 0 saturated carbocycles. The minimum absolute atomic E-state index is 0.116.